The minimum atomic E-state index is -4.02. The molecular weight excluding hydrogens is 244 g/mol. The lowest BCUT2D eigenvalue weighted by atomic mass is 10.2. The van der Waals surface area contributed by atoms with Gasteiger partial charge in [-0.25, -0.2) is 0 Å². The molecule has 0 fully saturated rings. The topological polar surface area (TPSA) is 83.8 Å². The molecule has 0 amide bonds. The van der Waals surface area contributed by atoms with Crippen LogP contribution in [0.5, 0.6) is 0 Å². The van der Waals surface area contributed by atoms with E-state index in [2.05, 4.69) is 4.74 Å². The molecule has 0 aliphatic carbocycles. The summed E-state index contributed by atoms with van der Waals surface area (Å²) in [6, 6.07) is 5.99. The number of hydrogen-bond donors (Lipinski definition) is 2. The van der Waals surface area contributed by atoms with Crippen molar-refractivity contribution in [3.05, 3.63) is 29.8 Å². The third kappa shape index (κ3) is 7.06. The summed E-state index contributed by atoms with van der Waals surface area (Å²) in [6.07, 6.45) is -0.00926. The van der Waals surface area contributed by atoms with Gasteiger partial charge >= 0.3 is 0 Å². The van der Waals surface area contributed by atoms with Gasteiger partial charge in [-0.05, 0) is 26.0 Å². The first-order valence-electron chi connectivity index (χ1n) is 4.99. The Hall–Kier alpha value is -0.950. The van der Waals surface area contributed by atoms with Crippen LogP contribution in [0.2, 0.25) is 0 Å². The highest BCUT2D eigenvalue weighted by Gasteiger charge is 2.06. The fourth-order valence-electron chi connectivity index (χ4n) is 0.785. The molecule has 0 saturated carbocycles. The van der Waals surface area contributed by atoms with Crippen molar-refractivity contribution in [3.8, 4) is 0 Å². The molecule has 0 radical (unpaired) electrons. The first-order chi connectivity index (χ1) is 7.81. The van der Waals surface area contributed by atoms with Crippen LogP contribution in [0.4, 0.5) is 0 Å². The van der Waals surface area contributed by atoms with E-state index in [0.717, 1.165) is 5.56 Å². The summed E-state index contributed by atoms with van der Waals surface area (Å²) in [7, 11) is -2.45. The van der Waals surface area contributed by atoms with Crippen molar-refractivity contribution in [1.82, 2.24) is 0 Å². The van der Waals surface area contributed by atoms with Crippen molar-refractivity contribution in [2.45, 2.75) is 24.8 Å². The normalized spacial score (nSPS) is 12.5. The van der Waals surface area contributed by atoms with Gasteiger partial charge in [0.1, 0.15) is 0 Å². The molecular formula is C11H18O5S. The number of aryl methyl sites for hydroxylation is 1. The molecule has 0 spiro atoms. The fraction of sp³-hybridized carbons (Fsp3) is 0.455. The third-order valence-corrected chi connectivity index (χ3v) is 2.85. The molecule has 1 aromatic rings. The summed E-state index contributed by atoms with van der Waals surface area (Å²) in [5.41, 5.74) is 0.956. The second kappa shape index (κ2) is 7.39. The van der Waals surface area contributed by atoms with Crippen molar-refractivity contribution in [2.75, 3.05) is 13.7 Å². The molecule has 0 bridgehead atoms. The predicted molar refractivity (Wildman–Crippen MR) is 64.6 cm³/mol. The van der Waals surface area contributed by atoms with Gasteiger partial charge in [-0.1, -0.05) is 17.7 Å². The predicted octanol–water partition coefficient (Wildman–Crippen LogP) is 1.26. The van der Waals surface area contributed by atoms with Crippen LogP contribution in [0.1, 0.15) is 12.5 Å². The molecule has 0 aliphatic rings. The van der Waals surface area contributed by atoms with E-state index in [-0.39, 0.29) is 17.6 Å². The number of benzene rings is 1. The molecule has 0 heterocycles. The van der Waals surface area contributed by atoms with Gasteiger partial charge in [-0.3, -0.25) is 4.55 Å². The maximum Gasteiger partial charge on any atom is 0.294 e. The Labute approximate surface area is 102 Å². The molecule has 0 aromatic heterocycles. The highest BCUT2D eigenvalue weighted by atomic mass is 32.2. The van der Waals surface area contributed by atoms with E-state index >= 15 is 0 Å². The lowest BCUT2D eigenvalue weighted by Gasteiger charge is -2.00. The van der Waals surface area contributed by atoms with Crippen LogP contribution in [-0.4, -0.2) is 37.9 Å². The zero-order valence-electron chi connectivity index (χ0n) is 10.1. The Morgan fingerprint density at radius 1 is 1.29 bits per heavy atom. The van der Waals surface area contributed by atoms with Gasteiger partial charge in [0.15, 0.2) is 0 Å². The number of aliphatic hydroxyl groups is 1. The van der Waals surface area contributed by atoms with E-state index in [0.29, 0.717) is 0 Å². The van der Waals surface area contributed by atoms with E-state index in [4.69, 9.17) is 9.66 Å². The van der Waals surface area contributed by atoms with Crippen LogP contribution in [0.3, 0.4) is 0 Å². The number of hydrogen-bond acceptors (Lipinski definition) is 4. The molecule has 1 rings (SSSR count). The lowest BCUT2D eigenvalue weighted by molar-refractivity contribution is 0.0623. The largest absolute Gasteiger partial charge is 0.394 e. The molecule has 2 N–H and O–H groups in total. The summed E-state index contributed by atoms with van der Waals surface area (Å²) in [5.74, 6) is 0. The minimum absolute atomic E-state index is 0.00926. The van der Waals surface area contributed by atoms with Gasteiger partial charge in [0.25, 0.3) is 10.1 Å². The molecule has 0 aliphatic heterocycles. The van der Waals surface area contributed by atoms with E-state index in [9.17, 15) is 8.42 Å². The summed E-state index contributed by atoms with van der Waals surface area (Å²) in [6.45, 7) is 3.75. The summed E-state index contributed by atoms with van der Waals surface area (Å²) >= 11 is 0. The van der Waals surface area contributed by atoms with Crippen molar-refractivity contribution in [3.63, 3.8) is 0 Å². The van der Waals surface area contributed by atoms with Crippen molar-refractivity contribution in [2.24, 2.45) is 0 Å². The average molecular weight is 262 g/mol. The van der Waals surface area contributed by atoms with Crippen LogP contribution in [0.25, 0.3) is 0 Å². The van der Waals surface area contributed by atoms with Crippen molar-refractivity contribution >= 4 is 10.1 Å². The maximum atomic E-state index is 10.5. The molecule has 17 heavy (non-hydrogen) atoms. The average Bonchev–Trinajstić information content (AvgIpc) is 2.28. The van der Waals surface area contributed by atoms with Gasteiger partial charge in [-0.2, -0.15) is 8.42 Å². The van der Waals surface area contributed by atoms with Crippen molar-refractivity contribution < 1.29 is 22.8 Å². The Kier molecular flexibility index (Phi) is 6.98. The van der Waals surface area contributed by atoms with Gasteiger partial charge in [-0.15, -0.1) is 0 Å². The van der Waals surface area contributed by atoms with Crippen LogP contribution in [0, 0.1) is 6.92 Å². The number of rotatable bonds is 3. The number of aliphatic hydroxyl groups excluding tert-OH is 1. The second-order valence-electron chi connectivity index (χ2n) is 3.52. The molecule has 98 valence electrons. The molecule has 6 heteroatoms. The summed E-state index contributed by atoms with van der Waals surface area (Å²) < 4.78 is 34.2. The maximum absolute atomic E-state index is 10.5. The van der Waals surface area contributed by atoms with E-state index in [1.54, 1.807) is 26.2 Å². The molecule has 1 unspecified atom stereocenters. The van der Waals surface area contributed by atoms with E-state index in [1.165, 1.54) is 12.1 Å². The number of methoxy groups -OCH3 is 1. The fourth-order valence-corrected chi connectivity index (χ4v) is 1.26. The van der Waals surface area contributed by atoms with Gasteiger partial charge in [0, 0.05) is 7.11 Å². The first kappa shape index (κ1) is 16.1. The van der Waals surface area contributed by atoms with Crippen LogP contribution < -0.4 is 0 Å². The van der Waals surface area contributed by atoms with E-state index in [1.807, 2.05) is 6.92 Å². The Morgan fingerprint density at radius 2 is 1.76 bits per heavy atom. The van der Waals surface area contributed by atoms with Gasteiger partial charge in [0.2, 0.25) is 0 Å². The van der Waals surface area contributed by atoms with Crippen molar-refractivity contribution in [1.29, 1.82) is 0 Å². The molecule has 5 nitrogen and oxygen atoms in total. The smallest absolute Gasteiger partial charge is 0.294 e. The number of ether oxygens (including phenoxy) is 1. The SMILES string of the molecule is COC(C)CO.Cc1ccc(S(=O)(=O)O)cc1. The Balaban J connectivity index is 0.000000366. The van der Waals surface area contributed by atoms with Crippen LogP contribution in [0.15, 0.2) is 29.2 Å². The lowest BCUT2D eigenvalue weighted by Crippen LogP contribution is -2.08. The summed E-state index contributed by atoms with van der Waals surface area (Å²) in [4.78, 5) is -0.0666. The molecule has 1 aromatic carbocycles. The highest BCUT2D eigenvalue weighted by molar-refractivity contribution is 7.85. The highest BCUT2D eigenvalue weighted by Crippen LogP contribution is 2.08. The molecule has 1 atom stereocenters. The van der Waals surface area contributed by atoms with Gasteiger partial charge in [0.05, 0.1) is 17.6 Å². The zero-order valence-corrected chi connectivity index (χ0v) is 10.9. The zero-order chi connectivity index (χ0) is 13.5. The molecule has 0 saturated heterocycles. The van der Waals surface area contributed by atoms with Crippen LogP contribution in [-0.2, 0) is 14.9 Å². The van der Waals surface area contributed by atoms with Gasteiger partial charge < -0.3 is 9.84 Å². The Morgan fingerprint density at radius 3 is 2.00 bits per heavy atom. The standard InChI is InChI=1S/C7H8O3S.C4H10O2/c1-6-2-4-7(5-3-6)11(8,9)10;1-4(3-5)6-2/h2-5H,1H3,(H,8,9,10);4-5H,3H2,1-2H3. The summed E-state index contributed by atoms with van der Waals surface area (Å²) in [5, 5.41) is 8.21. The first-order valence-corrected chi connectivity index (χ1v) is 6.43. The Bertz CT molecular complexity index is 406. The monoisotopic (exact) mass is 262 g/mol. The third-order valence-electron chi connectivity index (χ3n) is 1.98. The quantitative estimate of drug-likeness (QED) is 0.801. The van der Waals surface area contributed by atoms with E-state index < -0.39 is 10.1 Å². The second-order valence-corrected chi connectivity index (χ2v) is 4.94. The van der Waals surface area contributed by atoms with Crippen LogP contribution >= 0.6 is 0 Å². The minimum Gasteiger partial charge on any atom is -0.394 e.